The molecule has 1 aliphatic heterocycles. The monoisotopic (exact) mass is 424 g/mol. The highest BCUT2D eigenvalue weighted by molar-refractivity contribution is 7.89. The van der Waals surface area contributed by atoms with Crippen molar-refractivity contribution in [1.29, 1.82) is 5.26 Å². The molecular formula is C21H20N4O2S2. The quantitative estimate of drug-likeness (QED) is 0.629. The molecule has 29 heavy (non-hydrogen) atoms. The topological polar surface area (TPSA) is 77.3 Å². The SMILES string of the molecule is N#Cc1ccccc1S(=O)(=O)N1CCN(c2nc(Cc3ccccc3)cs2)CC1. The van der Waals surface area contributed by atoms with Gasteiger partial charge in [0.1, 0.15) is 6.07 Å². The molecule has 0 amide bonds. The molecule has 0 unspecified atom stereocenters. The van der Waals surface area contributed by atoms with Gasteiger partial charge in [-0.05, 0) is 17.7 Å². The van der Waals surface area contributed by atoms with E-state index in [2.05, 4.69) is 22.4 Å². The Morgan fingerprint density at radius 1 is 1.00 bits per heavy atom. The summed E-state index contributed by atoms with van der Waals surface area (Å²) in [5, 5.41) is 12.2. The first-order valence-electron chi connectivity index (χ1n) is 9.30. The van der Waals surface area contributed by atoms with Crippen LogP contribution in [-0.2, 0) is 16.4 Å². The highest BCUT2D eigenvalue weighted by Gasteiger charge is 2.30. The lowest BCUT2D eigenvalue weighted by molar-refractivity contribution is 0.384. The summed E-state index contributed by atoms with van der Waals surface area (Å²) in [6.07, 6.45) is 0.788. The first-order valence-corrected chi connectivity index (χ1v) is 11.6. The molecule has 3 aromatic rings. The zero-order chi connectivity index (χ0) is 20.3. The molecule has 1 aromatic heterocycles. The van der Waals surface area contributed by atoms with Crippen LogP contribution >= 0.6 is 11.3 Å². The summed E-state index contributed by atoms with van der Waals surface area (Å²) in [4.78, 5) is 6.94. The smallest absolute Gasteiger partial charge is 0.244 e. The second-order valence-electron chi connectivity index (χ2n) is 6.78. The van der Waals surface area contributed by atoms with Crippen LogP contribution in [0.5, 0.6) is 0 Å². The Labute approximate surface area is 174 Å². The first-order chi connectivity index (χ1) is 14.1. The van der Waals surface area contributed by atoms with Crippen LogP contribution in [0.15, 0.2) is 64.9 Å². The third-order valence-corrected chi connectivity index (χ3v) is 7.81. The number of sulfonamides is 1. The van der Waals surface area contributed by atoms with Gasteiger partial charge in [0.15, 0.2) is 5.13 Å². The second kappa shape index (κ2) is 8.33. The van der Waals surface area contributed by atoms with Gasteiger partial charge in [-0.3, -0.25) is 0 Å². The molecule has 1 fully saturated rings. The van der Waals surface area contributed by atoms with Crippen LogP contribution in [0.4, 0.5) is 5.13 Å². The van der Waals surface area contributed by atoms with Gasteiger partial charge in [0, 0.05) is 38.0 Å². The average Bonchev–Trinajstić information content (AvgIpc) is 3.23. The number of nitriles is 1. The van der Waals surface area contributed by atoms with Crippen LogP contribution in [-0.4, -0.2) is 43.9 Å². The predicted octanol–water partition coefficient (Wildman–Crippen LogP) is 3.12. The maximum atomic E-state index is 13.0. The van der Waals surface area contributed by atoms with E-state index in [4.69, 9.17) is 4.98 Å². The Balaban J connectivity index is 1.43. The summed E-state index contributed by atoms with van der Waals surface area (Å²) in [7, 11) is -3.68. The molecule has 4 rings (SSSR count). The summed E-state index contributed by atoms with van der Waals surface area (Å²) in [6.45, 7) is 1.89. The van der Waals surface area contributed by atoms with Crippen molar-refractivity contribution in [3.05, 3.63) is 76.8 Å². The predicted molar refractivity (Wildman–Crippen MR) is 113 cm³/mol. The van der Waals surface area contributed by atoms with Crippen LogP contribution in [0.25, 0.3) is 0 Å². The molecule has 6 nitrogen and oxygen atoms in total. The molecule has 0 aliphatic carbocycles. The zero-order valence-electron chi connectivity index (χ0n) is 15.7. The van der Waals surface area contributed by atoms with Gasteiger partial charge in [0.25, 0.3) is 0 Å². The van der Waals surface area contributed by atoms with Crippen LogP contribution in [0.1, 0.15) is 16.8 Å². The van der Waals surface area contributed by atoms with E-state index in [-0.39, 0.29) is 10.5 Å². The lowest BCUT2D eigenvalue weighted by Gasteiger charge is -2.33. The number of aromatic nitrogens is 1. The van der Waals surface area contributed by atoms with Gasteiger partial charge in [0.05, 0.1) is 16.2 Å². The van der Waals surface area contributed by atoms with Gasteiger partial charge < -0.3 is 4.90 Å². The lowest BCUT2D eigenvalue weighted by atomic mass is 10.1. The molecule has 148 valence electrons. The molecule has 0 spiro atoms. The molecule has 8 heteroatoms. The van der Waals surface area contributed by atoms with Crippen LogP contribution in [0.2, 0.25) is 0 Å². The number of piperazine rings is 1. The maximum Gasteiger partial charge on any atom is 0.244 e. The van der Waals surface area contributed by atoms with Crippen molar-refractivity contribution in [1.82, 2.24) is 9.29 Å². The fraction of sp³-hybridized carbons (Fsp3) is 0.238. The Bertz CT molecular complexity index is 1130. The molecule has 0 radical (unpaired) electrons. The Kier molecular flexibility index (Phi) is 5.62. The third-order valence-electron chi connectivity index (χ3n) is 4.90. The zero-order valence-corrected chi connectivity index (χ0v) is 17.4. The van der Waals surface area contributed by atoms with Crippen LogP contribution in [0, 0.1) is 11.3 Å². The number of benzene rings is 2. The van der Waals surface area contributed by atoms with Gasteiger partial charge in [-0.2, -0.15) is 9.57 Å². The average molecular weight is 425 g/mol. The van der Waals surface area contributed by atoms with Gasteiger partial charge in [-0.25, -0.2) is 13.4 Å². The minimum Gasteiger partial charge on any atom is -0.345 e. The number of thiazole rings is 1. The molecule has 1 saturated heterocycles. The summed E-state index contributed by atoms with van der Waals surface area (Å²) in [5.41, 5.74) is 2.42. The van der Waals surface area contributed by atoms with Crippen molar-refractivity contribution < 1.29 is 8.42 Å². The second-order valence-corrected chi connectivity index (χ2v) is 9.53. The number of hydrogen-bond acceptors (Lipinski definition) is 6. The summed E-state index contributed by atoms with van der Waals surface area (Å²) in [5.74, 6) is 0. The Morgan fingerprint density at radius 3 is 2.41 bits per heavy atom. The molecule has 2 aromatic carbocycles. The van der Waals surface area contributed by atoms with E-state index >= 15 is 0 Å². The van der Waals surface area contributed by atoms with E-state index in [1.165, 1.54) is 22.0 Å². The summed E-state index contributed by atoms with van der Waals surface area (Å²) >= 11 is 1.59. The van der Waals surface area contributed by atoms with Gasteiger partial charge >= 0.3 is 0 Å². The largest absolute Gasteiger partial charge is 0.345 e. The van der Waals surface area contributed by atoms with E-state index < -0.39 is 10.0 Å². The minimum absolute atomic E-state index is 0.0790. The first kappa shape index (κ1) is 19.6. The summed E-state index contributed by atoms with van der Waals surface area (Å²) < 4.78 is 27.4. The minimum atomic E-state index is -3.68. The highest BCUT2D eigenvalue weighted by atomic mass is 32.2. The van der Waals surface area contributed by atoms with E-state index in [1.807, 2.05) is 24.3 Å². The Morgan fingerprint density at radius 2 is 1.69 bits per heavy atom. The van der Waals surface area contributed by atoms with Crippen molar-refractivity contribution in [2.75, 3.05) is 31.1 Å². The lowest BCUT2D eigenvalue weighted by Crippen LogP contribution is -2.48. The maximum absolute atomic E-state index is 13.0. The molecule has 2 heterocycles. The molecule has 0 atom stereocenters. The van der Waals surface area contributed by atoms with Gasteiger partial charge in [0.2, 0.25) is 10.0 Å². The van der Waals surface area contributed by atoms with E-state index in [9.17, 15) is 13.7 Å². The number of rotatable bonds is 5. The molecule has 1 aliphatic rings. The Hall–Kier alpha value is -2.73. The van der Waals surface area contributed by atoms with E-state index in [0.717, 1.165) is 17.2 Å². The fourth-order valence-corrected chi connectivity index (χ4v) is 5.81. The van der Waals surface area contributed by atoms with Crippen LogP contribution < -0.4 is 4.90 Å². The highest BCUT2D eigenvalue weighted by Crippen LogP contribution is 2.26. The molecule has 0 bridgehead atoms. The van der Waals surface area contributed by atoms with E-state index in [1.54, 1.807) is 23.5 Å². The molecular weight excluding hydrogens is 404 g/mol. The number of anilines is 1. The van der Waals surface area contributed by atoms with Crippen molar-refractivity contribution in [3.63, 3.8) is 0 Å². The van der Waals surface area contributed by atoms with E-state index in [0.29, 0.717) is 26.2 Å². The molecule has 0 N–H and O–H groups in total. The third kappa shape index (κ3) is 4.17. The molecule has 0 saturated carbocycles. The van der Waals surface area contributed by atoms with Crippen molar-refractivity contribution >= 4 is 26.5 Å². The fourth-order valence-electron chi connectivity index (χ4n) is 3.37. The summed E-state index contributed by atoms with van der Waals surface area (Å²) in [6, 6.07) is 18.5. The van der Waals surface area contributed by atoms with Crippen molar-refractivity contribution in [2.45, 2.75) is 11.3 Å². The normalized spacial score (nSPS) is 15.2. The number of nitrogens with zero attached hydrogens (tertiary/aromatic N) is 4. The van der Waals surface area contributed by atoms with Gasteiger partial charge in [-0.1, -0.05) is 42.5 Å². The van der Waals surface area contributed by atoms with Gasteiger partial charge in [-0.15, -0.1) is 11.3 Å². The standard InChI is InChI=1S/C21H20N4O2S2/c22-15-18-8-4-5-9-20(18)29(26,27)25-12-10-24(11-13-25)21-23-19(16-28-21)14-17-6-2-1-3-7-17/h1-9,16H,10-14H2. The van der Waals surface area contributed by atoms with Crippen molar-refractivity contribution in [2.24, 2.45) is 0 Å². The number of hydrogen-bond donors (Lipinski definition) is 0. The van der Waals surface area contributed by atoms with Crippen LogP contribution in [0.3, 0.4) is 0 Å². The van der Waals surface area contributed by atoms with Crippen molar-refractivity contribution in [3.8, 4) is 6.07 Å².